The van der Waals surface area contributed by atoms with Crippen molar-refractivity contribution < 1.29 is 35.9 Å². The van der Waals surface area contributed by atoms with Crippen molar-refractivity contribution in [3.8, 4) is 5.75 Å². The molecule has 0 radical (unpaired) electrons. The summed E-state index contributed by atoms with van der Waals surface area (Å²) in [6.07, 6.45) is 1.49. The van der Waals surface area contributed by atoms with Crippen LogP contribution in [-0.2, 0) is 29.3 Å². The number of fused-ring (bicyclic) bond motifs is 1. The van der Waals surface area contributed by atoms with E-state index in [1.165, 1.54) is 12.1 Å². The highest BCUT2D eigenvalue weighted by Crippen LogP contribution is 2.37. The highest BCUT2D eigenvalue weighted by molar-refractivity contribution is 8.00. The zero-order valence-electron chi connectivity index (χ0n) is 19.5. The lowest BCUT2D eigenvalue weighted by Crippen LogP contribution is -2.30. The van der Waals surface area contributed by atoms with E-state index in [4.69, 9.17) is 0 Å². The molecule has 37 heavy (non-hydrogen) atoms. The number of carbonyl (C=O) groups excluding carboxylic acids is 1. The van der Waals surface area contributed by atoms with Crippen LogP contribution in [0, 0.1) is 5.82 Å². The maximum absolute atomic E-state index is 14.3. The highest BCUT2D eigenvalue weighted by atomic mass is 32.2. The van der Waals surface area contributed by atoms with Crippen molar-refractivity contribution in [1.29, 1.82) is 0 Å². The summed E-state index contributed by atoms with van der Waals surface area (Å²) in [4.78, 5) is 14.5. The van der Waals surface area contributed by atoms with Gasteiger partial charge in [-0.1, -0.05) is 18.2 Å². The van der Waals surface area contributed by atoms with Gasteiger partial charge in [0, 0.05) is 42.4 Å². The molecule has 3 aromatic rings. The van der Waals surface area contributed by atoms with Gasteiger partial charge in [0.1, 0.15) is 16.5 Å². The van der Waals surface area contributed by atoms with Crippen molar-refractivity contribution in [1.82, 2.24) is 4.90 Å². The minimum absolute atomic E-state index is 0.130. The molecule has 1 aliphatic heterocycles. The smallest absolute Gasteiger partial charge is 0.446 e. The van der Waals surface area contributed by atoms with Gasteiger partial charge in [0.25, 0.3) is 5.91 Å². The van der Waals surface area contributed by atoms with Gasteiger partial charge in [-0.25, -0.2) is 12.8 Å². The largest absolute Gasteiger partial charge is 0.506 e. The highest BCUT2D eigenvalue weighted by Gasteiger charge is 2.29. The standard InChI is InChI=1S/C25H22F4N2O4S2/c1-37(34,35)23-12-21(20(26)11-22(23)32)30-24(33)17-4-5-18-14-31(9-8-16(18)10-17)13-15-2-6-19(7-3-15)36-25(27,28)29/h2-7,10-12,32H,8-9,13-14H2,1H3,(H,30,33). The Hall–Kier alpha value is -3.09. The molecule has 1 amide bonds. The number of anilines is 1. The maximum atomic E-state index is 14.3. The number of nitrogens with zero attached hydrogens (tertiary/aromatic N) is 1. The van der Waals surface area contributed by atoms with Crippen LogP contribution in [0.3, 0.4) is 0 Å². The number of amides is 1. The Bertz CT molecular complexity index is 1440. The summed E-state index contributed by atoms with van der Waals surface area (Å²) in [5, 5.41) is 12.1. The Kier molecular flexibility index (Phi) is 7.54. The van der Waals surface area contributed by atoms with Crippen LogP contribution in [-0.4, -0.2) is 42.6 Å². The molecule has 0 aliphatic carbocycles. The average molecular weight is 555 g/mol. The first kappa shape index (κ1) is 27.0. The normalized spacial score (nSPS) is 14.3. The number of halogens is 4. The van der Waals surface area contributed by atoms with Gasteiger partial charge in [-0.2, -0.15) is 13.2 Å². The van der Waals surface area contributed by atoms with E-state index in [0.29, 0.717) is 32.1 Å². The third-order valence-electron chi connectivity index (χ3n) is 5.82. The number of phenolic OH excluding ortho intramolecular Hbond substituents is 1. The molecule has 0 atom stereocenters. The van der Waals surface area contributed by atoms with Gasteiger partial charge in [0.05, 0.1) is 5.69 Å². The second kappa shape index (κ2) is 10.3. The quantitative estimate of drug-likeness (QED) is 0.185. The minimum atomic E-state index is -4.33. The van der Waals surface area contributed by atoms with Crippen molar-refractivity contribution in [2.24, 2.45) is 0 Å². The first-order chi connectivity index (χ1) is 17.3. The number of thioether (sulfide) groups is 1. The van der Waals surface area contributed by atoms with Gasteiger partial charge in [-0.15, -0.1) is 0 Å². The summed E-state index contributed by atoms with van der Waals surface area (Å²) in [6.45, 7) is 1.81. The first-order valence-electron chi connectivity index (χ1n) is 11.0. The lowest BCUT2D eigenvalue weighted by molar-refractivity contribution is -0.0328. The average Bonchev–Trinajstić information content (AvgIpc) is 2.80. The van der Waals surface area contributed by atoms with E-state index < -0.39 is 37.7 Å². The molecule has 1 heterocycles. The summed E-state index contributed by atoms with van der Waals surface area (Å²) >= 11 is -0.152. The van der Waals surface area contributed by atoms with E-state index in [9.17, 15) is 35.9 Å². The molecule has 0 unspecified atom stereocenters. The summed E-state index contributed by atoms with van der Waals surface area (Å²) < 4.78 is 75.4. The van der Waals surface area contributed by atoms with Crippen LogP contribution in [0.2, 0.25) is 0 Å². The number of alkyl halides is 3. The third-order valence-corrected chi connectivity index (χ3v) is 7.68. The van der Waals surface area contributed by atoms with Gasteiger partial charge in [-0.05, 0) is 65.2 Å². The fourth-order valence-corrected chi connectivity index (χ4v) is 5.38. The van der Waals surface area contributed by atoms with Gasteiger partial charge < -0.3 is 10.4 Å². The van der Waals surface area contributed by atoms with Crippen molar-refractivity contribution in [3.05, 3.63) is 82.7 Å². The van der Waals surface area contributed by atoms with E-state index in [1.54, 1.807) is 30.3 Å². The predicted molar refractivity (Wildman–Crippen MR) is 132 cm³/mol. The van der Waals surface area contributed by atoms with Crippen LogP contribution in [0.5, 0.6) is 5.75 Å². The number of sulfone groups is 1. The summed E-state index contributed by atoms with van der Waals surface area (Å²) in [7, 11) is -3.84. The van der Waals surface area contributed by atoms with E-state index in [-0.39, 0.29) is 27.9 Å². The molecule has 0 aromatic heterocycles. The molecule has 1 aliphatic rings. The van der Waals surface area contributed by atoms with Crippen LogP contribution in [0.4, 0.5) is 23.2 Å². The number of carbonyl (C=O) groups is 1. The number of aromatic hydroxyl groups is 1. The fraction of sp³-hybridized carbons (Fsp3) is 0.240. The molecule has 0 spiro atoms. The lowest BCUT2D eigenvalue weighted by atomic mass is 9.96. The third kappa shape index (κ3) is 6.82. The molecule has 0 saturated carbocycles. The lowest BCUT2D eigenvalue weighted by Gasteiger charge is -2.29. The van der Waals surface area contributed by atoms with Crippen LogP contribution in [0.1, 0.15) is 27.0 Å². The second-order valence-electron chi connectivity index (χ2n) is 8.66. The Balaban J connectivity index is 1.43. The van der Waals surface area contributed by atoms with Gasteiger partial charge in [-0.3, -0.25) is 9.69 Å². The summed E-state index contributed by atoms with van der Waals surface area (Å²) in [5.41, 5.74) is -1.63. The monoisotopic (exact) mass is 554 g/mol. The number of hydrogen-bond donors (Lipinski definition) is 2. The first-order valence-corrected chi connectivity index (χ1v) is 13.7. The Morgan fingerprint density at radius 3 is 2.43 bits per heavy atom. The predicted octanol–water partition coefficient (Wildman–Crippen LogP) is 5.36. The van der Waals surface area contributed by atoms with Gasteiger partial charge >= 0.3 is 5.51 Å². The SMILES string of the molecule is CS(=O)(=O)c1cc(NC(=O)c2ccc3c(c2)CCN(Cc2ccc(SC(F)(F)F)cc2)C3)c(F)cc1O. The fourth-order valence-electron chi connectivity index (χ4n) is 4.07. The Labute approximate surface area is 215 Å². The molecule has 3 aromatic carbocycles. The molecule has 196 valence electrons. The second-order valence-corrected chi connectivity index (χ2v) is 11.8. The zero-order valence-corrected chi connectivity index (χ0v) is 21.1. The van der Waals surface area contributed by atoms with Crippen molar-refractivity contribution in [3.63, 3.8) is 0 Å². The molecule has 4 rings (SSSR count). The molecular formula is C25H22F4N2O4S2. The molecular weight excluding hydrogens is 532 g/mol. The number of rotatable bonds is 6. The molecule has 6 nitrogen and oxygen atoms in total. The van der Waals surface area contributed by atoms with Gasteiger partial charge in [0.15, 0.2) is 9.84 Å². The molecule has 2 N–H and O–H groups in total. The van der Waals surface area contributed by atoms with Crippen molar-refractivity contribution >= 4 is 33.2 Å². The van der Waals surface area contributed by atoms with Crippen LogP contribution in [0.15, 0.2) is 64.4 Å². The van der Waals surface area contributed by atoms with Crippen LogP contribution < -0.4 is 5.32 Å². The number of hydrogen-bond acceptors (Lipinski definition) is 6. The van der Waals surface area contributed by atoms with E-state index in [0.717, 1.165) is 29.0 Å². The minimum Gasteiger partial charge on any atom is -0.506 e. The Morgan fingerprint density at radius 1 is 1.08 bits per heavy atom. The van der Waals surface area contributed by atoms with Gasteiger partial charge in [0.2, 0.25) is 0 Å². The van der Waals surface area contributed by atoms with E-state index in [1.807, 2.05) is 0 Å². The molecule has 0 bridgehead atoms. The van der Waals surface area contributed by atoms with Crippen molar-refractivity contribution in [2.45, 2.75) is 34.8 Å². The number of nitrogens with one attached hydrogen (secondary N) is 1. The number of benzene rings is 3. The zero-order chi connectivity index (χ0) is 27.0. The maximum Gasteiger partial charge on any atom is 0.446 e. The van der Waals surface area contributed by atoms with E-state index >= 15 is 0 Å². The summed E-state index contributed by atoms with van der Waals surface area (Å²) in [6, 6.07) is 12.8. The summed E-state index contributed by atoms with van der Waals surface area (Å²) in [5.74, 6) is -2.35. The Morgan fingerprint density at radius 2 is 1.78 bits per heavy atom. The van der Waals surface area contributed by atoms with Crippen LogP contribution in [0.25, 0.3) is 0 Å². The van der Waals surface area contributed by atoms with Crippen molar-refractivity contribution in [2.75, 3.05) is 18.1 Å². The van der Waals surface area contributed by atoms with E-state index in [2.05, 4.69) is 10.2 Å². The van der Waals surface area contributed by atoms with Crippen LogP contribution >= 0.6 is 11.8 Å². The number of phenols is 1. The molecule has 0 fully saturated rings. The topological polar surface area (TPSA) is 86.7 Å². The molecule has 12 heteroatoms. The molecule has 0 saturated heterocycles.